The molecule has 0 aliphatic rings. The third kappa shape index (κ3) is 13.2. The molecule has 0 aromatic heterocycles. The smallest absolute Gasteiger partial charge is 0.290 e. The van der Waals surface area contributed by atoms with Crippen LogP contribution in [0.4, 0.5) is 0 Å². The second-order valence-electron chi connectivity index (χ2n) is 5.44. The van der Waals surface area contributed by atoms with Gasteiger partial charge in [-0.15, -0.1) is 0 Å². The molecular formula is C19H28N2O2. The molecule has 0 amide bonds. The van der Waals surface area contributed by atoms with E-state index in [1.807, 2.05) is 50.2 Å². The number of carboxylic acid groups (broad SMARTS) is 1. The van der Waals surface area contributed by atoms with E-state index in [0.29, 0.717) is 0 Å². The molecule has 2 aromatic rings. The Balaban J connectivity index is 0.000000360. The van der Waals surface area contributed by atoms with Crippen molar-refractivity contribution < 1.29 is 9.90 Å². The normalized spacial score (nSPS) is 11.8. The first-order valence-corrected chi connectivity index (χ1v) is 7.66. The van der Waals surface area contributed by atoms with E-state index in [1.165, 1.54) is 11.1 Å². The number of nitrogens with two attached hydrogens (primary N) is 2. The summed E-state index contributed by atoms with van der Waals surface area (Å²) in [4.78, 5) is 8.36. The van der Waals surface area contributed by atoms with E-state index < -0.39 is 0 Å². The van der Waals surface area contributed by atoms with Gasteiger partial charge in [0.25, 0.3) is 6.47 Å². The molecule has 4 heteroatoms. The molecule has 0 saturated heterocycles. The Morgan fingerprint density at radius 3 is 1.30 bits per heavy atom. The molecule has 0 bridgehead atoms. The average Bonchev–Trinajstić information content (AvgIpc) is 2.49. The first kappa shape index (κ1) is 20.8. The van der Waals surface area contributed by atoms with Gasteiger partial charge in [0.1, 0.15) is 0 Å². The molecule has 126 valence electrons. The van der Waals surface area contributed by atoms with Crippen LogP contribution in [0.2, 0.25) is 0 Å². The Hall–Kier alpha value is -2.17. The Morgan fingerprint density at radius 2 is 1.09 bits per heavy atom. The molecule has 0 saturated carbocycles. The summed E-state index contributed by atoms with van der Waals surface area (Å²) in [5.41, 5.74) is 13.9. The van der Waals surface area contributed by atoms with Crippen molar-refractivity contribution in [2.75, 3.05) is 0 Å². The number of hydrogen-bond donors (Lipinski definition) is 3. The first-order valence-electron chi connectivity index (χ1n) is 7.66. The molecule has 23 heavy (non-hydrogen) atoms. The fraction of sp³-hybridized carbons (Fsp3) is 0.316. The van der Waals surface area contributed by atoms with E-state index in [2.05, 4.69) is 24.3 Å². The van der Waals surface area contributed by atoms with Crippen LogP contribution in [0.5, 0.6) is 0 Å². The molecule has 0 aliphatic carbocycles. The predicted octanol–water partition coefficient (Wildman–Crippen LogP) is 2.85. The highest BCUT2D eigenvalue weighted by Gasteiger charge is 1.95. The monoisotopic (exact) mass is 316 g/mol. The summed E-state index contributed by atoms with van der Waals surface area (Å²) in [6, 6.07) is 21.1. The van der Waals surface area contributed by atoms with Crippen molar-refractivity contribution in [2.24, 2.45) is 11.5 Å². The zero-order chi connectivity index (χ0) is 17.5. The molecule has 0 aliphatic heterocycles. The Kier molecular flexibility index (Phi) is 12.2. The maximum atomic E-state index is 8.36. The van der Waals surface area contributed by atoms with Crippen LogP contribution in [-0.4, -0.2) is 23.7 Å². The van der Waals surface area contributed by atoms with E-state index in [0.717, 1.165) is 12.8 Å². The molecular weight excluding hydrogens is 288 g/mol. The molecule has 4 nitrogen and oxygen atoms in total. The largest absolute Gasteiger partial charge is 0.483 e. The summed E-state index contributed by atoms with van der Waals surface area (Å²) in [6.07, 6.45) is 1.95. The van der Waals surface area contributed by atoms with Crippen LogP contribution in [0.15, 0.2) is 60.7 Å². The van der Waals surface area contributed by atoms with Crippen LogP contribution in [0.25, 0.3) is 0 Å². The first-order chi connectivity index (χ1) is 11.0. The number of benzene rings is 2. The quantitative estimate of drug-likeness (QED) is 0.757. The van der Waals surface area contributed by atoms with Crippen LogP contribution in [-0.2, 0) is 17.6 Å². The van der Waals surface area contributed by atoms with Crippen molar-refractivity contribution in [1.82, 2.24) is 0 Å². The van der Waals surface area contributed by atoms with Crippen LogP contribution in [0, 0.1) is 0 Å². The second-order valence-corrected chi connectivity index (χ2v) is 5.44. The predicted molar refractivity (Wildman–Crippen MR) is 96.3 cm³/mol. The summed E-state index contributed by atoms with van der Waals surface area (Å²) < 4.78 is 0. The highest BCUT2D eigenvalue weighted by molar-refractivity contribution is 5.32. The van der Waals surface area contributed by atoms with E-state index in [-0.39, 0.29) is 18.6 Å². The van der Waals surface area contributed by atoms with Gasteiger partial charge >= 0.3 is 0 Å². The van der Waals surface area contributed by atoms with E-state index in [1.54, 1.807) is 0 Å². The van der Waals surface area contributed by atoms with E-state index >= 15 is 0 Å². The number of rotatable bonds is 4. The molecule has 5 N–H and O–H groups in total. The third-order valence-corrected chi connectivity index (χ3v) is 2.80. The van der Waals surface area contributed by atoms with Gasteiger partial charge in [-0.1, -0.05) is 60.7 Å². The number of hydrogen-bond acceptors (Lipinski definition) is 3. The van der Waals surface area contributed by atoms with Crippen molar-refractivity contribution in [2.45, 2.75) is 38.8 Å². The van der Waals surface area contributed by atoms with Gasteiger partial charge in [0.05, 0.1) is 0 Å². The maximum Gasteiger partial charge on any atom is 0.290 e. The highest BCUT2D eigenvalue weighted by Crippen LogP contribution is 2.01. The lowest BCUT2D eigenvalue weighted by molar-refractivity contribution is -0.122. The topological polar surface area (TPSA) is 89.3 Å². The second kappa shape index (κ2) is 13.5. The van der Waals surface area contributed by atoms with Crippen LogP contribution < -0.4 is 11.5 Å². The Labute approximate surface area is 139 Å². The minimum absolute atomic E-state index is 0.250. The fourth-order valence-corrected chi connectivity index (χ4v) is 1.97. The summed E-state index contributed by atoms with van der Waals surface area (Å²) in [7, 11) is 0. The van der Waals surface area contributed by atoms with Gasteiger partial charge in [-0.2, -0.15) is 0 Å². The Bertz CT molecular complexity index is 454. The van der Waals surface area contributed by atoms with Crippen LogP contribution in [0.1, 0.15) is 25.0 Å². The van der Waals surface area contributed by atoms with Crippen molar-refractivity contribution >= 4 is 6.47 Å². The van der Waals surface area contributed by atoms with Crippen LogP contribution >= 0.6 is 0 Å². The minimum atomic E-state index is -0.250. The Morgan fingerprint density at radius 1 is 0.826 bits per heavy atom. The lowest BCUT2D eigenvalue weighted by Gasteiger charge is -2.02. The van der Waals surface area contributed by atoms with Gasteiger partial charge < -0.3 is 16.6 Å². The molecule has 2 atom stereocenters. The molecule has 2 rings (SSSR count). The van der Waals surface area contributed by atoms with Gasteiger partial charge in [0, 0.05) is 12.1 Å². The average molecular weight is 316 g/mol. The summed E-state index contributed by atoms with van der Waals surface area (Å²) in [5.74, 6) is 0. The summed E-state index contributed by atoms with van der Waals surface area (Å²) in [6.45, 7) is 3.79. The van der Waals surface area contributed by atoms with Crippen molar-refractivity contribution in [3.05, 3.63) is 71.8 Å². The van der Waals surface area contributed by atoms with Crippen LogP contribution in [0.3, 0.4) is 0 Å². The number of carbonyl (C=O) groups is 1. The zero-order valence-corrected chi connectivity index (χ0v) is 13.9. The standard InChI is InChI=1S/2C9H13N.CH2O2/c2*1-8(10)7-9-5-3-2-4-6-9;2-1-3/h2*2-6,8H,7,10H2,1H3;1H,(H,2,3). The van der Waals surface area contributed by atoms with Gasteiger partial charge in [0.15, 0.2) is 0 Å². The summed E-state index contributed by atoms with van der Waals surface area (Å²) in [5, 5.41) is 6.89. The molecule has 0 fully saturated rings. The van der Waals surface area contributed by atoms with Crippen molar-refractivity contribution in [3.8, 4) is 0 Å². The maximum absolute atomic E-state index is 8.36. The molecule has 0 spiro atoms. The fourth-order valence-electron chi connectivity index (χ4n) is 1.97. The SMILES string of the molecule is CC(N)Cc1ccccc1.CC(N)Cc1ccccc1.O=CO. The molecule has 0 radical (unpaired) electrons. The molecule has 2 unspecified atom stereocenters. The van der Waals surface area contributed by atoms with Gasteiger partial charge in [-0.25, -0.2) is 0 Å². The summed E-state index contributed by atoms with van der Waals surface area (Å²) >= 11 is 0. The molecule has 0 heterocycles. The lowest BCUT2D eigenvalue weighted by Crippen LogP contribution is -2.17. The van der Waals surface area contributed by atoms with Gasteiger partial charge in [-0.3, -0.25) is 4.79 Å². The van der Waals surface area contributed by atoms with Gasteiger partial charge in [-0.05, 0) is 37.8 Å². The highest BCUT2D eigenvalue weighted by atomic mass is 16.3. The van der Waals surface area contributed by atoms with Crippen molar-refractivity contribution in [1.29, 1.82) is 0 Å². The van der Waals surface area contributed by atoms with E-state index in [9.17, 15) is 0 Å². The van der Waals surface area contributed by atoms with E-state index in [4.69, 9.17) is 21.4 Å². The zero-order valence-electron chi connectivity index (χ0n) is 13.9. The minimum Gasteiger partial charge on any atom is -0.483 e. The molecule has 2 aromatic carbocycles. The van der Waals surface area contributed by atoms with Gasteiger partial charge in [0.2, 0.25) is 0 Å². The third-order valence-electron chi connectivity index (χ3n) is 2.80. The van der Waals surface area contributed by atoms with Crippen molar-refractivity contribution in [3.63, 3.8) is 0 Å². The lowest BCUT2D eigenvalue weighted by atomic mass is 10.1.